The first kappa shape index (κ1) is 21.1. The molecule has 2 aromatic heterocycles. The van der Waals surface area contributed by atoms with E-state index >= 15 is 0 Å². The van der Waals surface area contributed by atoms with Crippen molar-refractivity contribution in [3.05, 3.63) is 41.4 Å². The Morgan fingerprint density at radius 1 is 1.27 bits per heavy atom. The number of aromatic nitrogens is 3. The monoisotopic (exact) mass is 529 g/mol. The molecule has 3 aromatic rings. The Morgan fingerprint density at radius 2 is 2.08 bits per heavy atom. The summed E-state index contributed by atoms with van der Waals surface area (Å²) in [6.07, 6.45) is 2.88. The number of hydrogen-bond acceptors (Lipinski definition) is 10. The molecule has 1 saturated carbocycles. The molecule has 1 aliphatic carbocycles. The topological polar surface area (TPSA) is 175 Å². The lowest BCUT2D eigenvalue weighted by atomic mass is 10.1. The largest absolute Gasteiger partial charge is 0.494 e. The number of carbonyl (C=O) groups is 2. The van der Waals surface area contributed by atoms with E-state index in [2.05, 4.69) is 25.8 Å². The lowest BCUT2D eigenvalue weighted by Crippen LogP contribution is -2.23. The molecule has 0 saturated heterocycles. The van der Waals surface area contributed by atoms with Crippen LogP contribution in [0.4, 0.5) is 17.2 Å². The summed E-state index contributed by atoms with van der Waals surface area (Å²) in [5.74, 6) is -0.219. The van der Waals surface area contributed by atoms with Gasteiger partial charge in [0.15, 0.2) is 17.3 Å². The summed E-state index contributed by atoms with van der Waals surface area (Å²) in [6, 6.07) is 6.44. The second kappa shape index (κ2) is 9.44. The number of carbonyl (C=O) groups excluding carboxylic acids is 2. The zero-order chi connectivity index (χ0) is 28.8. The second-order valence-electron chi connectivity index (χ2n) is 8.71. The van der Waals surface area contributed by atoms with E-state index < -0.39 is 22.8 Å². The van der Waals surface area contributed by atoms with Gasteiger partial charge in [0, 0.05) is 29.3 Å². The molecule has 0 bridgehead atoms. The van der Waals surface area contributed by atoms with E-state index in [-0.39, 0.29) is 48.0 Å². The number of anilines is 3. The van der Waals surface area contributed by atoms with Crippen molar-refractivity contribution >= 4 is 38.9 Å². The van der Waals surface area contributed by atoms with Crippen LogP contribution in [0.1, 0.15) is 38.9 Å². The minimum absolute atomic E-state index is 0.0667. The second-order valence-corrected chi connectivity index (χ2v) is 10.8. The van der Waals surface area contributed by atoms with Gasteiger partial charge in [-0.25, -0.2) is 18.3 Å². The lowest BCUT2D eigenvalue weighted by molar-refractivity contribution is -0.117. The number of nitrogens with one attached hydrogen (secondary N) is 4. The summed E-state index contributed by atoms with van der Waals surface area (Å²) in [7, 11) is -1.48. The van der Waals surface area contributed by atoms with E-state index in [1.54, 1.807) is 18.2 Å². The van der Waals surface area contributed by atoms with Gasteiger partial charge < -0.3 is 25.1 Å². The molecule has 194 valence electrons. The van der Waals surface area contributed by atoms with Crippen molar-refractivity contribution in [1.82, 2.24) is 24.8 Å². The fraction of sp³-hybridized carbons (Fsp3) is 0.348. The van der Waals surface area contributed by atoms with Gasteiger partial charge in [0.1, 0.15) is 15.7 Å². The summed E-state index contributed by atoms with van der Waals surface area (Å²) in [5.41, 5.74) is 1.14. The maximum atomic E-state index is 12.7. The number of hydrogen-bond donors (Lipinski definition) is 4. The number of para-hydroxylation sites is 1. The van der Waals surface area contributed by atoms with Crippen molar-refractivity contribution in [3.63, 3.8) is 0 Å². The first-order chi connectivity index (χ1) is 18.8. The quantitative estimate of drug-likeness (QED) is 0.341. The predicted octanol–water partition coefficient (Wildman–Crippen LogP) is 2.50. The minimum atomic E-state index is -2.91. The maximum Gasteiger partial charge on any atom is 0.273 e. The third-order valence-electron chi connectivity index (χ3n) is 5.96. The van der Waals surface area contributed by atoms with Crippen LogP contribution in [-0.4, -0.2) is 55.9 Å². The van der Waals surface area contributed by atoms with Crippen LogP contribution in [-0.2, 0) is 27.8 Å². The van der Waals surface area contributed by atoms with Crippen LogP contribution >= 0.6 is 0 Å². The van der Waals surface area contributed by atoms with E-state index in [9.17, 15) is 13.8 Å². The van der Waals surface area contributed by atoms with E-state index in [1.165, 1.54) is 23.7 Å². The summed E-state index contributed by atoms with van der Waals surface area (Å²) < 4.78 is 55.1. The lowest BCUT2D eigenvalue weighted by Gasteiger charge is -2.16. The van der Waals surface area contributed by atoms with Crippen molar-refractivity contribution < 1.29 is 27.1 Å². The molecule has 13 nitrogen and oxygen atoms in total. The molecule has 0 radical (unpaired) electrons. The van der Waals surface area contributed by atoms with Crippen molar-refractivity contribution in [2.75, 3.05) is 31.0 Å². The van der Waals surface area contributed by atoms with Gasteiger partial charge in [-0.2, -0.15) is 0 Å². The van der Waals surface area contributed by atoms with E-state index in [0.29, 0.717) is 28.5 Å². The van der Waals surface area contributed by atoms with Crippen LogP contribution in [0.2, 0.25) is 0 Å². The summed E-state index contributed by atoms with van der Waals surface area (Å²) in [5, 5.41) is 15.4. The van der Waals surface area contributed by atoms with Gasteiger partial charge in [-0.1, -0.05) is 6.07 Å². The number of amides is 2. The number of benzene rings is 1. The third-order valence-corrected chi connectivity index (χ3v) is 7.20. The Bertz CT molecular complexity index is 1580. The highest BCUT2D eigenvalue weighted by Gasteiger charge is 2.31. The summed E-state index contributed by atoms with van der Waals surface area (Å²) in [6.45, 7) is -2.38. The minimum Gasteiger partial charge on any atom is -0.494 e. The van der Waals surface area contributed by atoms with Gasteiger partial charge in [0.05, 0.1) is 42.8 Å². The Labute approximate surface area is 217 Å². The van der Waals surface area contributed by atoms with Crippen molar-refractivity contribution in [2.45, 2.75) is 25.9 Å². The van der Waals surface area contributed by atoms with E-state index in [4.69, 9.17) is 18.0 Å². The molecule has 5 rings (SSSR count). The molecule has 0 unspecified atom stereocenters. The molecule has 1 fully saturated rings. The van der Waals surface area contributed by atoms with Crippen LogP contribution in [0.15, 0.2) is 28.7 Å². The molecule has 2 amide bonds. The Kier molecular flexibility index (Phi) is 5.38. The van der Waals surface area contributed by atoms with Crippen LogP contribution in [0.5, 0.6) is 5.75 Å². The highest BCUT2D eigenvalue weighted by Crippen LogP contribution is 2.40. The average molecular weight is 530 g/mol. The van der Waals surface area contributed by atoms with Crippen LogP contribution < -0.4 is 20.7 Å². The third kappa shape index (κ3) is 4.97. The van der Waals surface area contributed by atoms with Gasteiger partial charge in [-0.15, -0.1) is 10.2 Å². The maximum absolute atomic E-state index is 12.7. The number of ether oxygens (including phenoxy) is 1. The molecule has 3 heterocycles. The number of methoxy groups -OCH3 is 1. The zero-order valence-electron chi connectivity index (χ0n) is 23.0. The smallest absolute Gasteiger partial charge is 0.273 e. The molecular formula is C23H26N8O5S. The molecule has 4 N–H and O–H groups in total. The average Bonchev–Trinajstić information content (AvgIpc) is 3.51. The number of oxazole rings is 1. The standard InChI is InChI=1S/C23H26N8O5S/c1-25-22(33)19-15(9-18(29-30-19)28-21(32)12-7-8-12)26-14-6-4-5-13(20(14)35-2)23-27-16-10-31(37(3,24)34)11-17(16)36-23/h4-6,9,12,24H,7-8,10-11H2,1-3H3,(H,25,33)(H2,26,28,29,32)/t37-/m1/s1/i1D3. The Balaban J connectivity index is 1.48. The fourth-order valence-electron chi connectivity index (χ4n) is 3.89. The summed E-state index contributed by atoms with van der Waals surface area (Å²) >= 11 is 0. The molecule has 14 heteroatoms. The first-order valence-electron chi connectivity index (χ1n) is 12.8. The van der Waals surface area contributed by atoms with Gasteiger partial charge in [0.2, 0.25) is 11.8 Å². The molecule has 1 aromatic carbocycles. The van der Waals surface area contributed by atoms with E-state index in [1.807, 2.05) is 5.32 Å². The SMILES string of the molecule is [2H]C([2H])([2H])NC(=O)c1nnc(NC(=O)C2CC2)cc1Nc1cccc(-c2nc3c(o2)CN([S@@](C)(=N)=O)C3)c1OC. The highest BCUT2D eigenvalue weighted by molar-refractivity contribution is 7.89. The molecule has 2 aliphatic rings. The highest BCUT2D eigenvalue weighted by atomic mass is 32.2. The van der Waals surface area contributed by atoms with Crippen molar-refractivity contribution in [2.24, 2.45) is 5.92 Å². The number of fused-ring (bicyclic) bond motifs is 1. The van der Waals surface area contributed by atoms with Crippen LogP contribution in [0.25, 0.3) is 11.5 Å². The number of nitrogens with zero attached hydrogens (tertiary/aromatic N) is 4. The Hall–Kier alpha value is -4.04. The summed E-state index contributed by atoms with van der Waals surface area (Å²) in [4.78, 5) is 29.5. The first-order valence-corrected chi connectivity index (χ1v) is 13.2. The van der Waals surface area contributed by atoms with E-state index in [0.717, 1.165) is 12.8 Å². The molecule has 37 heavy (non-hydrogen) atoms. The van der Waals surface area contributed by atoms with Gasteiger partial charge in [0.25, 0.3) is 5.91 Å². The van der Waals surface area contributed by atoms with Crippen LogP contribution in [0.3, 0.4) is 0 Å². The van der Waals surface area contributed by atoms with Gasteiger partial charge in [-0.05, 0) is 25.0 Å². The predicted molar refractivity (Wildman–Crippen MR) is 135 cm³/mol. The molecule has 1 aliphatic heterocycles. The molecule has 1 atom stereocenters. The van der Waals surface area contributed by atoms with Gasteiger partial charge in [-0.3, -0.25) is 9.59 Å². The number of rotatable bonds is 8. The van der Waals surface area contributed by atoms with Crippen molar-refractivity contribution in [1.29, 1.82) is 4.78 Å². The zero-order valence-corrected chi connectivity index (χ0v) is 20.8. The normalized spacial score (nSPS) is 18.1. The van der Waals surface area contributed by atoms with Crippen molar-refractivity contribution in [3.8, 4) is 17.2 Å². The molecule has 0 spiro atoms. The fourth-order valence-corrected chi connectivity index (χ4v) is 4.62. The molecular weight excluding hydrogens is 500 g/mol. The van der Waals surface area contributed by atoms with Crippen LogP contribution in [0, 0.1) is 10.7 Å². The van der Waals surface area contributed by atoms with Gasteiger partial charge >= 0.3 is 0 Å². The Morgan fingerprint density at radius 3 is 2.76 bits per heavy atom.